The summed E-state index contributed by atoms with van der Waals surface area (Å²) in [5.74, 6) is 0.801. The van der Waals surface area contributed by atoms with E-state index in [0.717, 1.165) is 41.0 Å². The lowest BCUT2D eigenvalue weighted by atomic mass is 10.1. The van der Waals surface area contributed by atoms with E-state index in [1.165, 1.54) is 0 Å². The number of carbonyl (C=O) groups excluding carboxylic acids is 2. The predicted molar refractivity (Wildman–Crippen MR) is 139 cm³/mol. The Labute approximate surface area is 206 Å². The first-order valence-corrected chi connectivity index (χ1v) is 12.2. The summed E-state index contributed by atoms with van der Waals surface area (Å²) >= 11 is 2.26. The van der Waals surface area contributed by atoms with Gasteiger partial charge in [-0.2, -0.15) is 0 Å². The Balaban J connectivity index is 1.47. The highest BCUT2D eigenvalue weighted by molar-refractivity contribution is 14.1. The molecule has 0 saturated carbocycles. The second-order valence-corrected chi connectivity index (χ2v) is 8.26. The van der Waals surface area contributed by atoms with Gasteiger partial charge in [0.2, 0.25) is 0 Å². The fourth-order valence-electron chi connectivity index (χ4n) is 3.58. The summed E-state index contributed by atoms with van der Waals surface area (Å²) in [6.45, 7) is 4.72. The molecule has 0 unspecified atom stereocenters. The first-order valence-electron chi connectivity index (χ1n) is 10.7. The van der Waals surface area contributed by atoms with Crippen molar-refractivity contribution in [2.75, 3.05) is 30.3 Å². The largest absolute Gasteiger partial charge is 0.355 e. The van der Waals surface area contributed by atoms with Crippen LogP contribution in [0.25, 0.3) is 0 Å². The number of benzene rings is 2. The minimum absolute atomic E-state index is 0.285. The molecular formula is C25H24IN5O2. The Hall–Kier alpha value is -3.27. The maximum absolute atomic E-state index is 12.9. The highest BCUT2D eigenvalue weighted by Crippen LogP contribution is 2.19. The van der Waals surface area contributed by atoms with Crippen LogP contribution < -0.4 is 10.6 Å². The molecule has 0 radical (unpaired) electrons. The Bertz CT molecular complexity index is 1180. The molecule has 0 saturated heterocycles. The molecule has 0 atom stereocenters. The maximum Gasteiger partial charge on any atom is 0.258 e. The van der Waals surface area contributed by atoms with Crippen LogP contribution in [-0.4, -0.2) is 47.2 Å². The van der Waals surface area contributed by atoms with E-state index < -0.39 is 0 Å². The second kappa shape index (κ2) is 10.6. The third-order valence-corrected chi connectivity index (χ3v) is 6.24. The van der Waals surface area contributed by atoms with Crippen molar-refractivity contribution in [2.24, 2.45) is 4.99 Å². The molecule has 2 N–H and O–H groups in total. The van der Waals surface area contributed by atoms with Crippen LogP contribution in [0.5, 0.6) is 0 Å². The Morgan fingerprint density at radius 3 is 2.48 bits per heavy atom. The zero-order valence-electron chi connectivity index (χ0n) is 18.2. The number of para-hydroxylation sites is 1. The number of pyridine rings is 1. The van der Waals surface area contributed by atoms with Crippen LogP contribution in [0.15, 0.2) is 71.9 Å². The molecular weight excluding hydrogens is 529 g/mol. The molecule has 33 heavy (non-hydrogen) atoms. The van der Waals surface area contributed by atoms with Gasteiger partial charge in [-0.05, 0) is 42.8 Å². The topological polar surface area (TPSA) is 86.7 Å². The molecule has 2 heterocycles. The van der Waals surface area contributed by atoms with E-state index in [1.54, 1.807) is 48.7 Å². The lowest BCUT2D eigenvalue weighted by molar-refractivity contribution is 0.102. The highest BCUT2D eigenvalue weighted by Gasteiger charge is 2.18. The summed E-state index contributed by atoms with van der Waals surface area (Å²) in [7, 11) is 0. The first-order chi connectivity index (χ1) is 16.1. The molecule has 2 aromatic carbocycles. The first kappa shape index (κ1) is 22.9. The van der Waals surface area contributed by atoms with Gasteiger partial charge >= 0.3 is 0 Å². The van der Waals surface area contributed by atoms with Crippen molar-refractivity contribution in [3.8, 4) is 0 Å². The minimum atomic E-state index is -0.338. The molecule has 168 valence electrons. The molecule has 1 aromatic heterocycles. The third-order valence-electron chi connectivity index (χ3n) is 5.36. The normalized spacial score (nSPS) is 12.9. The lowest BCUT2D eigenvalue weighted by Crippen LogP contribution is -2.28. The van der Waals surface area contributed by atoms with Crippen LogP contribution in [0, 0.1) is 0 Å². The Morgan fingerprint density at radius 2 is 1.79 bits per heavy atom. The number of nitrogens with one attached hydrogen (secondary N) is 2. The molecule has 2 amide bonds. The van der Waals surface area contributed by atoms with E-state index >= 15 is 0 Å². The standard InChI is InChI=1S/C25H24IN5O2/c1-2-31-14-13-27-23(31)18-8-10-19(11-9-18)24(32)29-21-6-4-3-5-20(21)25(33)30-22-12-7-17(15-26)16-28-22/h3-12,16H,2,13-15H2,1H3,(H,29,32)(H,28,30,33). The summed E-state index contributed by atoms with van der Waals surface area (Å²) in [5, 5.41) is 5.65. The lowest BCUT2D eigenvalue weighted by Gasteiger charge is -2.18. The number of rotatable bonds is 7. The number of alkyl halides is 1. The van der Waals surface area contributed by atoms with Gasteiger partial charge in [-0.15, -0.1) is 0 Å². The van der Waals surface area contributed by atoms with Crippen molar-refractivity contribution >= 4 is 51.7 Å². The number of amides is 2. The maximum atomic E-state index is 12.9. The van der Waals surface area contributed by atoms with E-state index in [4.69, 9.17) is 0 Å². The van der Waals surface area contributed by atoms with E-state index in [-0.39, 0.29) is 11.8 Å². The SMILES string of the molecule is CCN1CCN=C1c1ccc(C(=O)Nc2ccccc2C(=O)Nc2ccc(CI)cn2)cc1. The second-order valence-electron chi connectivity index (χ2n) is 7.50. The van der Waals surface area contributed by atoms with Gasteiger partial charge < -0.3 is 15.5 Å². The average molecular weight is 553 g/mol. The summed E-state index contributed by atoms with van der Waals surface area (Å²) in [6.07, 6.45) is 1.73. The highest BCUT2D eigenvalue weighted by atomic mass is 127. The van der Waals surface area contributed by atoms with Crippen LogP contribution in [0.3, 0.4) is 0 Å². The average Bonchev–Trinajstić information content (AvgIpc) is 3.34. The van der Waals surface area contributed by atoms with Gasteiger partial charge in [0, 0.05) is 34.8 Å². The number of nitrogens with zero attached hydrogens (tertiary/aromatic N) is 3. The summed E-state index contributed by atoms with van der Waals surface area (Å²) in [5.41, 5.74) is 3.37. The van der Waals surface area contributed by atoms with Crippen LogP contribution in [0.4, 0.5) is 11.5 Å². The molecule has 0 aliphatic carbocycles. The quantitative estimate of drug-likeness (QED) is 0.331. The number of aliphatic imine (C=N–C) groups is 1. The molecule has 3 aromatic rings. The number of likely N-dealkylation sites (N-methyl/N-ethyl adjacent to an activating group) is 1. The van der Waals surface area contributed by atoms with Gasteiger partial charge in [0.25, 0.3) is 11.8 Å². The molecule has 0 fully saturated rings. The summed E-state index contributed by atoms with van der Waals surface area (Å²) < 4.78 is 0.847. The monoisotopic (exact) mass is 553 g/mol. The van der Waals surface area contributed by atoms with E-state index in [9.17, 15) is 9.59 Å². The summed E-state index contributed by atoms with van der Waals surface area (Å²) in [4.78, 5) is 36.8. The van der Waals surface area contributed by atoms with Crippen molar-refractivity contribution in [1.82, 2.24) is 9.88 Å². The molecule has 8 heteroatoms. The molecule has 4 rings (SSSR count). The molecule has 1 aliphatic heterocycles. The van der Waals surface area contributed by atoms with E-state index in [0.29, 0.717) is 22.6 Å². The van der Waals surface area contributed by atoms with Crippen LogP contribution >= 0.6 is 22.6 Å². The fourth-order valence-corrected chi connectivity index (χ4v) is 4.03. The number of carbonyl (C=O) groups is 2. The molecule has 7 nitrogen and oxygen atoms in total. The van der Waals surface area contributed by atoms with E-state index in [2.05, 4.69) is 55.0 Å². The van der Waals surface area contributed by atoms with Gasteiger partial charge in [-0.3, -0.25) is 14.6 Å². The molecule has 0 spiro atoms. The van der Waals surface area contributed by atoms with Crippen molar-refractivity contribution in [2.45, 2.75) is 11.4 Å². The summed E-state index contributed by atoms with van der Waals surface area (Å²) in [6, 6.07) is 18.0. The van der Waals surface area contributed by atoms with E-state index in [1.807, 2.05) is 18.2 Å². The third kappa shape index (κ3) is 5.39. The van der Waals surface area contributed by atoms with Crippen LogP contribution in [0.2, 0.25) is 0 Å². The number of halogens is 1. The van der Waals surface area contributed by atoms with Crippen molar-refractivity contribution in [3.05, 3.63) is 89.1 Å². The Kier molecular flexibility index (Phi) is 7.33. The van der Waals surface area contributed by atoms with Crippen molar-refractivity contribution in [1.29, 1.82) is 0 Å². The van der Waals surface area contributed by atoms with Gasteiger partial charge in [0.1, 0.15) is 11.7 Å². The fraction of sp³-hybridized carbons (Fsp3) is 0.200. The minimum Gasteiger partial charge on any atom is -0.355 e. The van der Waals surface area contributed by atoms with Gasteiger partial charge in [-0.25, -0.2) is 4.98 Å². The van der Waals surface area contributed by atoms with Gasteiger partial charge in [-0.1, -0.05) is 52.9 Å². The molecule has 0 bridgehead atoms. The number of anilines is 2. The number of hydrogen-bond acceptors (Lipinski definition) is 5. The smallest absolute Gasteiger partial charge is 0.258 e. The van der Waals surface area contributed by atoms with Crippen LogP contribution in [0.1, 0.15) is 38.8 Å². The predicted octanol–water partition coefficient (Wildman–Crippen LogP) is 4.60. The van der Waals surface area contributed by atoms with Crippen molar-refractivity contribution in [3.63, 3.8) is 0 Å². The van der Waals surface area contributed by atoms with Gasteiger partial charge in [0.05, 0.1) is 17.8 Å². The zero-order chi connectivity index (χ0) is 23.2. The number of hydrogen-bond donors (Lipinski definition) is 2. The number of aromatic nitrogens is 1. The van der Waals surface area contributed by atoms with Crippen molar-refractivity contribution < 1.29 is 9.59 Å². The molecule has 1 aliphatic rings. The number of amidine groups is 1. The van der Waals surface area contributed by atoms with Gasteiger partial charge in [0.15, 0.2) is 0 Å². The Morgan fingerprint density at radius 1 is 1.00 bits per heavy atom. The van der Waals surface area contributed by atoms with Crippen LogP contribution in [-0.2, 0) is 4.43 Å². The zero-order valence-corrected chi connectivity index (χ0v) is 20.4.